The van der Waals surface area contributed by atoms with E-state index in [2.05, 4.69) is 74.4 Å². The molecule has 0 saturated heterocycles. The number of hydrogen-bond donors (Lipinski definition) is 0. The van der Waals surface area contributed by atoms with Crippen LogP contribution in [0.1, 0.15) is 110 Å². The Hall–Kier alpha value is -1.35. The largest absolute Gasteiger partial charge is 0.373 e. The van der Waals surface area contributed by atoms with Crippen molar-refractivity contribution in [1.29, 1.82) is 0 Å². The zero-order valence-corrected chi connectivity index (χ0v) is 18.9. The van der Waals surface area contributed by atoms with Gasteiger partial charge < -0.3 is 0 Å². The molecule has 0 aliphatic carbocycles. The van der Waals surface area contributed by atoms with Gasteiger partial charge in [0.2, 0.25) is 0 Å². The van der Waals surface area contributed by atoms with Crippen LogP contribution >= 0.6 is 0 Å². The van der Waals surface area contributed by atoms with Crippen molar-refractivity contribution in [2.45, 2.75) is 105 Å². The van der Waals surface area contributed by atoms with E-state index >= 15 is 0 Å². The molecule has 0 heterocycles. The van der Waals surface area contributed by atoms with Crippen molar-refractivity contribution in [1.82, 2.24) is 0 Å². The van der Waals surface area contributed by atoms with Crippen LogP contribution in [0.4, 0.5) is 0 Å². The highest BCUT2D eigenvalue weighted by Crippen LogP contribution is 2.38. The van der Waals surface area contributed by atoms with Gasteiger partial charge in [-0.15, -0.1) is 0 Å². The molecule has 0 fully saturated rings. The standard InChI is InChI=1S/C23H38O3/c1-20(2,3)15-13-16(21(4,5)6)18(17(14-15)22(7,8)9)19(24)25-26-23(10,11)12/h13-14H,1-12H3. The molecule has 0 radical (unpaired) electrons. The van der Waals surface area contributed by atoms with E-state index in [0.29, 0.717) is 5.56 Å². The molecule has 1 rings (SSSR count). The van der Waals surface area contributed by atoms with Gasteiger partial charge in [0, 0.05) is 0 Å². The monoisotopic (exact) mass is 362 g/mol. The molecule has 0 bridgehead atoms. The molecule has 0 N–H and O–H groups in total. The highest BCUT2D eigenvalue weighted by atomic mass is 17.2. The molecule has 0 aliphatic heterocycles. The fourth-order valence-electron chi connectivity index (χ4n) is 2.68. The van der Waals surface area contributed by atoms with E-state index in [9.17, 15) is 4.79 Å². The second-order valence-electron chi connectivity index (χ2n) is 11.3. The molecule has 26 heavy (non-hydrogen) atoms. The lowest BCUT2D eigenvalue weighted by Crippen LogP contribution is -2.29. The maximum Gasteiger partial charge on any atom is 0.373 e. The first-order valence-electron chi connectivity index (χ1n) is 9.43. The fourth-order valence-corrected chi connectivity index (χ4v) is 2.68. The van der Waals surface area contributed by atoms with Gasteiger partial charge in [0.05, 0.1) is 5.56 Å². The Kier molecular flexibility index (Phi) is 6.10. The van der Waals surface area contributed by atoms with Crippen LogP contribution < -0.4 is 0 Å². The molecule has 3 heteroatoms. The Balaban J connectivity index is 3.72. The van der Waals surface area contributed by atoms with Gasteiger partial charge in [0.1, 0.15) is 5.60 Å². The molecular formula is C23H38O3. The molecule has 0 amide bonds. The highest BCUT2D eigenvalue weighted by molar-refractivity contribution is 5.93. The first kappa shape index (κ1) is 22.7. The molecule has 0 saturated carbocycles. The van der Waals surface area contributed by atoms with Gasteiger partial charge >= 0.3 is 5.97 Å². The zero-order valence-electron chi connectivity index (χ0n) is 18.9. The van der Waals surface area contributed by atoms with Gasteiger partial charge in [-0.25, -0.2) is 4.79 Å². The third-order valence-corrected chi connectivity index (χ3v) is 4.19. The summed E-state index contributed by atoms with van der Waals surface area (Å²) in [7, 11) is 0. The maximum absolute atomic E-state index is 13.0. The van der Waals surface area contributed by atoms with Crippen LogP contribution in [-0.4, -0.2) is 11.6 Å². The molecule has 3 nitrogen and oxygen atoms in total. The summed E-state index contributed by atoms with van der Waals surface area (Å²) in [6, 6.07) is 4.31. The topological polar surface area (TPSA) is 35.5 Å². The molecule has 0 unspecified atom stereocenters. The van der Waals surface area contributed by atoms with Crippen molar-refractivity contribution < 1.29 is 14.6 Å². The first-order valence-corrected chi connectivity index (χ1v) is 9.43. The first-order chi connectivity index (χ1) is 11.3. The van der Waals surface area contributed by atoms with Gasteiger partial charge in [0.15, 0.2) is 0 Å². The summed E-state index contributed by atoms with van der Waals surface area (Å²) in [5, 5.41) is 0. The van der Waals surface area contributed by atoms with Gasteiger partial charge in [-0.3, -0.25) is 4.89 Å². The molecule has 1 aromatic rings. The Morgan fingerprint density at radius 3 is 1.35 bits per heavy atom. The minimum Gasteiger partial charge on any atom is -0.292 e. The number of carbonyl (C=O) groups excluding carboxylic acids is 1. The van der Waals surface area contributed by atoms with Crippen LogP contribution in [0.25, 0.3) is 0 Å². The molecule has 148 valence electrons. The minimum absolute atomic E-state index is 0.00958. The molecule has 0 spiro atoms. The number of benzene rings is 1. The Bertz CT molecular complexity index is 622. The molecule has 0 aliphatic rings. The summed E-state index contributed by atoms with van der Waals surface area (Å²) in [4.78, 5) is 23.6. The van der Waals surface area contributed by atoms with Crippen LogP contribution in [0.2, 0.25) is 0 Å². The lowest BCUT2D eigenvalue weighted by molar-refractivity contribution is -0.301. The van der Waals surface area contributed by atoms with Crippen molar-refractivity contribution in [3.63, 3.8) is 0 Å². The van der Waals surface area contributed by atoms with Crippen LogP contribution in [0.3, 0.4) is 0 Å². The molecule has 0 aromatic heterocycles. The smallest absolute Gasteiger partial charge is 0.292 e. The molecular weight excluding hydrogens is 324 g/mol. The number of hydrogen-bond acceptors (Lipinski definition) is 3. The van der Waals surface area contributed by atoms with Gasteiger partial charge in [-0.1, -0.05) is 74.4 Å². The normalized spacial score (nSPS) is 13.7. The van der Waals surface area contributed by atoms with Crippen LogP contribution in [0.15, 0.2) is 12.1 Å². The summed E-state index contributed by atoms with van der Waals surface area (Å²) in [6.07, 6.45) is 0. The van der Waals surface area contributed by atoms with Crippen LogP contribution in [0, 0.1) is 0 Å². The SMILES string of the molecule is CC(C)(C)OOC(=O)c1c(C(C)(C)C)cc(C(C)(C)C)cc1C(C)(C)C. The van der Waals surface area contributed by atoms with E-state index in [1.54, 1.807) is 0 Å². The van der Waals surface area contributed by atoms with Crippen molar-refractivity contribution in [3.05, 3.63) is 34.4 Å². The predicted molar refractivity (Wildman–Crippen MR) is 109 cm³/mol. The van der Waals surface area contributed by atoms with Crippen molar-refractivity contribution >= 4 is 5.97 Å². The van der Waals surface area contributed by atoms with E-state index in [4.69, 9.17) is 9.78 Å². The number of rotatable bonds is 2. The van der Waals surface area contributed by atoms with Crippen molar-refractivity contribution in [3.8, 4) is 0 Å². The summed E-state index contributed by atoms with van der Waals surface area (Å²) in [5.41, 5.74) is 2.89. The summed E-state index contributed by atoms with van der Waals surface area (Å²) >= 11 is 0. The van der Waals surface area contributed by atoms with Gasteiger partial charge in [0.25, 0.3) is 0 Å². The second-order valence-corrected chi connectivity index (χ2v) is 11.3. The average molecular weight is 363 g/mol. The Labute approximate surface area is 160 Å². The quantitative estimate of drug-likeness (QED) is 0.447. The average Bonchev–Trinajstić information content (AvgIpc) is 2.39. The van der Waals surface area contributed by atoms with E-state index < -0.39 is 11.6 Å². The third-order valence-electron chi connectivity index (χ3n) is 4.19. The van der Waals surface area contributed by atoms with Crippen molar-refractivity contribution in [2.24, 2.45) is 0 Å². The van der Waals surface area contributed by atoms with E-state index in [1.165, 1.54) is 5.56 Å². The summed E-state index contributed by atoms with van der Waals surface area (Å²) in [6.45, 7) is 24.9. The lowest BCUT2D eigenvalue weighted by atomic mass is 9.72. The Morgan fingerprint density at radius 2 is 1.08 bits per heavy atom. The van der Waals surface area contributed by atoms with Crippen molar-refractivity contribution in [2.75, 3.05) is 0 Å². The lowest BCUT2D eigenvalue weighted by Gasteiger charge is -2.32. The highest BCUT2D eigenvalue weighted by Gasteiger charge is 2.33. The van der Waals surface area contributed by atoms with E-state index in [0.717, 1.165) is 11.1 Å². The van der Waals surface area contributed by atoms with Gasteiger partial charge in [-0.2, -0.15) is 4.89 Å². The second kappa shape index (κ2) is 6.99. The van der Waals surface area contributed by atoms with E-state index in [-0.39, 0.29) is 16.2 Å². The zero-order chi connectivity index (χ0) is 20.7. The number of carbonyl (C=O) groups is 1. The van der Waals surface area contributed by atoms with E-state index in [1.807, 2.05) is 20.8 Å². The fraction of sp³-hybridized carbons (Fsp3) is 0.696. The third kappa shape index (κ3) is 5.84. The molecule has 1 aromatic carbocycles. The summed E-state index contributed by atoms with van der Waals surface area (Å²) in [5.74, 6) is -0.421. The predicted octanol–water partition coefficient (Wildman–Crippen LogP) is 6.47. The van der Waals surface area contributed by atoms with Crippen LogP contribution in [-0.2, 0) is 26.0 Å². The Morgan fingerprint density at radius 1 is 0.692 bits per heavy atom. The minimum atomic E-state index is -0.551. The summed E-state index contributed by atoms with van der Waals surface area (Å²) < 4.78 is 0. The van der Waals surface area contributed by atoms with Crippen LogP contribution in [0.5, 0.6) is 0 Å². The molecule has 0 atom stereocenters. The van der Waals surface area contributed by atoms with Gasteiger partial charge in [-0.05, 0) is 53.7 Å². The maximum atomic E-state index is 13.0.